The molecule has 0 aliphatic heterocycles. The van der Waals surface area contributed by atoms with Crippen LogP contribution >= 0.6 is 0 Å². The molecule has 1 atom stereocenters. The third-order valence-corrected chi connectivity index (χ3v) is 3.43. The van der Waals surface area contributed by atoms with Gasteiger partial charge in [-0.3, -0.25) is 4.79 Å². The number of hydrogen-bond acceptors (Lipinski definition) is 3. The molecule has 2 aromatic carbocycles. The molecular weight excluding hydrogens is 262 g/mol. The summed E-state index contributed by atoms with van der Waals surface area (Å²) in [6.45, 7) is 2.82. The van der Waals surface area contributed by atoms with Gasteiger partial charge in [0.1, 0.15) is 0 Å². The highest BCUT2D eigenvalue weighted by molar-refractivity contribution is 5.79. The van der Waals surface area contributed by atoms with Crippen LogP contribution in [-0.2, 0) is 9.53 Å². The summed E-state index contributed by atoms with van der Waals surface area (Å²) in [5.74, 6) is -0.456. The van der Waals surface area contributed by atoms with Crippen LogP contribution in [0.3, 0.4) is 0 Å². The molecule has 0 saturated carbocycles. The monoisotopic (exact) mass is 283 g/mol. The number of benzene rings is 2. The summed E-state index contributed by atoms with van der Waals surface area (Å²) < 4.78 is 5.23. The van der Waals surface area contributed by atoms with Gasteiger partial charge in [-0.25, -0.2) is 0 Å². The lowest BCUT2D eigenvalue weighted by Gasteiger charge is -2.25. The zero-order chi connectivity index (χ0) is 15.1. The van der Waals surface area contributed by atoms with Gasteiger partial charge in [0, 0.05) is 19.3 Å². The molecule has 21 heavy (non-hydrogen) atoms. The van der Waals surface area contributed by atoms with Crippen LogP contribution in [0, 0.1) is 0 Å². The molecule has 0 aromatic heterocycles. The van der Waals surface area contributed by atoms with Gasteiger partial charge < -0.3 is 9.64 Å². The zero-order valence-electron chi connectivity index (χ0n) is 12.5. The number of likely N-dealkylation sites (N-methyl/N-ethyl adjacent to an activating group) is 1. The molecule has 0 N–H and O–H groups in total. The lowest BCUT2D eigenvalue weighted by atomic mass is 9.98. The molecule has 0 aliphatic carbocycles. The van der Waals surface area contributed by atoms with E-state index in [4.69, 9.17) is 4.74 Å². The van der Waals surface area contributed by atoms with Crippen LogP contribution in [0.5, 0.6) is 0 Å². The summed E-state index contributed by atoms with van der Waals surface area (Å²) in [4.78, 5) is 14.3. The molecule has 3 nitrogen and oxygen atoms in total. The van der Waals surface area contributed by atoms with E-state index in [0.29, 0.717) is 13.2 Å². The molecule has 0 radical (unpaired) electrons. The second-order valence-corrected chi connectivity index (χ2v) is 4.93. The molecule has 0 spiro atoms. The van der Waals surface area contributed by atoms with Crippen LogP contribution in [0.2, 0.25) is 0 Å². The van der Waals surface area contributed by atoms with Gasteiger partial charge >= 0.3 is 5.97 Å². The summed E-state index contributed by atoms with van der Waals surface area (Å²) in [6.07, 6.45) is 0. The Morgan fingerprint density at radius 2 is 1.62 bits per heavy atom. The summed E-state index contributed by atoms with van der Waals surface area (Å²) in [7, 11) is 1.99. The highest BCUT2D eigenvalue weighted by Gasteiger charge is 2.23. The Labute approximate surface area is 126 Å². The maximum atomic E-state index is 12.3. The quantitative estimate of drug-likeness (QED) is 0.760. The number of rotatable bonds is 6. The van der Waals surface area contributed by atoms with Gasteiger partial charge in [0.05, 0.1) is 12.5 Å². The average Bonchev–Trinajstić information content (AvgIpc) is 2.54. The maximum absolute atomic E-state index is 12.3. The molecular formula is C18H21NO2. The van der Waals surface area contributed by atoms with E-state index in [1.54, 1.807) is 0 Å². The van der Waals surface area contributed by atoms with E-state index < -0.39 is 0 Å². The minimum Gasteiger partial charge on any atom is -0.465 e. The Morgan fingerprint density at radius 1 is 1.05 bits per heavy atom. The van der Waals surface area contributed by atoms with Crippen molar-refractivity contribution in [1.82, 2.24) is 0 Å². The van der Waals surface area contributed by atoms with E-state index in [9.17, 15) is 4.79 Å². The molecule has 2 aromatic rings. The third kappa shape index (κ3) is 4.09. The molecule has 0 heterocycles. The fourth-order valence-electron chi connectivity index (χ4n) is 2.31. The van der Waals surface area contributed by atoms with E-state index in [1.165, 1.54) is 0 Å². The summed E-state index contributed by atoms with van der Waals surface area (Å²) in [6, 6.07) is 19.8. The standard InChI is InChI=1S/C18H21NO2/c1-3-21-18(20)17(15-10-6-4-7-11-15)14-19(2)16-12-8-5-9-13-16/h4-13,17H,3,14H2,1-2H3. The van der Waals surface area contributed by atoms with Crippen molar-refractivity contribution >= 4 is 11.7 Å². The number of anilines is 1. The normalized spacial score (nSPS) is 11.7. The van der Waals surface area contributed by atoms with Gasteiger partial charge in [-0.15, -0.1) is 0 Å². The van der Waals surface area contributed by atoms with Crippen molar-refractivity contribution in [3.63, 3.8) is 0 Å². The predicted octanol–water partition coefficient (Wildman–Crippen LogP) is 3.47. The molecule has 2 rings (SSSR count). The largest absolute Gasteiger partial charge is 0.465 e. The van der Waals surface area contributed by atoms with E-state index in [2.05, 4.69) is 4.90 Å². The molecule has 0 saturated heterocycles. The van der Waals surface area contributed by atoms with E-state index >= 15 is 0 Å². The Kier molecular flexibility index (Phi) is 5.38. The van der Waals surface area contributed by atoms with Gasteiger partial charge in [0.25, 0.3) is 0 Å². The molecule has 0 bridgehead atoms. The van der Waals surface area contributed by atoms with Crippen molar-refractivity contribution in [2.75, 3.05) is 25.1 Å². The minimum absolute atomic E-state index is 0.175. The Bertz CT molecular complexity index is 554. The summed E-state index contributed by atoms with van der Waals surface area (Å²) >= 11 is 0. The van der Waals surface area contributed by atoms with Crippen molar-refractivity contribution < 1.29 is 9.53 Å². The highest BCUT2D eigenvalue weighted by atomic mass is 16.5. The number of hydrogen-bond donors (Lipinski definition) is 0. The summed E-state index contributed by atoms with van der Waals surface area (Å²) in [5, 5.41) is 0. The fraction of sp³-hybridized carbons (Fsp3) is 0.278. The van der Waals surface area contributed by atoms with E-state index in [1.807, 2.05) is 74.6 Å². The third-order valence-electron chi connectivity index (χ3n) is 3.43. The van der Waals surface area contributed by atoms with Crippen molar-refractivity contribution in [1.29, 1.82) is 0 Å². The molecule has 110 valence electrons. The second-order valence-electron chi connectivity index (χ2n) is 4.93. The van der Waals surface area contributed by atoms with Crippen molar-refractivity contribution in [3.8, 4) is 0 Å². The Balaban J connectivity index is 2.18. The topological polar surface area (TPSA) is 29.5 Å². The highest BCUT2D eigenvalue weighted by Crippen LogP contribution is 2.21. The second kappa shape index (κ2) is 7.48. The maximum Gasteiger partial charge on any atom is 0.315 e. The minimum atomic E-state index is -0.281. The van der Waals surface area contributed by atoms with Crippen LogP contribution in [0.1, 0.15) is 18.4 Å². The number of ether oxygens (including phenoxy) is 1. The van der Waals surface area contributed by atoms with Gasteiger partial charge in [-0.2, -0.15) is 0 Å². The Morgan fingerprint density at radius 3 is 2.19 bits per heavy atom. The van der Waals surface area contributed by atoms with Crippen molar-refractivity contribution in [2.24, 2.45) is 0 Å². The van der Waals surface area contributed by atoms with Crippen molar-refractivity contribution in [2.45, 2.75) is 12.8 Å². The number of carbonyl (C=O) groups is 1. The Hall–Kier alpha value is -2.29. The van der Waals surface area contributed by atoms with Crippen LogP contribution in [0.25, 0.3) is 0 Å². The molecule has 0 amide bonds. The number of para-hydroxylation sites is 1. The number of nitrogens with zero attached hydrogens (tertiary/aromatic N) is 1. The van der Waals surface area contributed by atoms with Crippen LogP contribution in [0.15, 0.2) is 60.7 Å². The smallest absolute Gasteiger partial charge is 0.315 e. The number of carbonyl (C=O) groups excluding carboxylic acids is 1. The van der Waals surface area contributed by atoms with Gasteiger partial charge in [0.2, 0.25) is 0 Å². The van der Waals surface area contributed by atoms with Gasteiger partial charge in [-0.05, 0) is 24.6 Å². The van der Waals surface area contributed by atoms with Gasteiger partial charge in [-0.1, -0.05) is 48.5 Å². The lowest BCUT2D eigenvalue weighted by molar-refractivity contribution is -0.144. The van der Waals surface area contributed by atoms with E-state index in [-0.39, 0.29) is 11.9 Å². The first-order chi connectivity index (χ1) is 10.2. The first kappa shape index (κ1) is 15.1. The van der Waals surface area contributed by atoms with E-state index in [0.717, 1.165) is 11.3 Å². The summed E-state index contributed by atoms with van der Waals surface area (Å²) in [5.41, 5.74) is 2.07. The van der Waals surface area contributed by atoms with Crippen LogP contribution in [0.4, 0.5) is 5.69 Å². The molecule has 1 unspecified atom stereocenters. The zero-order valence-corrected chi connectivity index (χ0v) is 12.5. The average molecular weight is 283 g/mol. The SMILES string of the molecule is CCOC(=O)C(CN(C)c1ccccc1)c1ccccc1. The first-order valence-corrected chi connectivity index (χ1v) is 7.20. The van der Waals surface area contributed by atoms with Crippen LogP contribution in [-0.4, -0.2) is 26.2 Å². The number of esters is 1. The van der Waals surface area contributed by atoms with Crippen LogP contribution < -0.4 is 4.90 Å². The first-order valence-electron chi connectivity index (χ1n) is 7.20. The molecule has 0 fully saturated rings. The van der Waals surface area contributed by atoms with Gasteiger partial charge in [0.15, 0.2) is 0 Å². The van der Waals surface area contributed by atoms with Crippen molar-refractivity contribution in [3.05, 3.63) is 66.2 Å². The molecule has 3 heteroatoms. The predicted molar refractivity (Wildman–Crippen MR) is 85.5 cm³/mol. The lowest BCUT2D eigenvalue weighted by Crippen LogP contribution is -2.30. The fourth-order valence-corrected chi connectivity index (χ4v) is 2.31. The molecule has 0 aliphatic rings.